The van der Waals surface area contributed by atoms with Gasteiger partial charge < -0.3 is 10.2 Å². The van der Waals surface area contributed by atoms with Crippen molar-refractivity contribution in [1.29, 1.82) is 0 Å². The summed E-state index contributed by atoms with van der Waals surface area (Å²) in [5.74, 6) is 0.774. The van der Waals surface area contributed by atoms with E-state index in [1.54, 1.807) is 6.20 Å². The van der Waals surface area contributed by atoms with Gasteiger partial charge in [-0.05, 0) is 52.1 Å². The first-order valence-electron chi connectivity index (χ1n) is 7.05. The molecule has 0 aromatic carbocycles. The van der Waals surface area contributed by atoms with Crippen molar-refractivity contribution in [2.45, 2.75) is 39.2 Å². The highest BCUT2D eigenvalue weighted by molar-refractivity contribution is 6.33. The molecule has 1 N–H and O–H groups in total. The second kappa shape index (κ2) is 6.10. The van der Waals surface area contributed by atoms with Crippen LogP contribution in [-0.4, -0.2) is 30.2 Å². The lowest BCUT2D eigenvalue weighted by atomic mass is 9.95. The predicted octanol–water partition coefficient (Wildman–Crippen LogP) is 3.34. The van der Waals surface area contributed by atoms with E-state index in [1.807, 2.05) is 12.3 Å². The number of halogens is 1. The summed E-state index contributed by atoms with van der Waals surface area (Å²) in [4.78, 5) is 6.42. The van der Waals surface area contributed by atoms with Gasteiger partial charge in [-0.3, -0.25) is 4.98 Å². The van der Waals surface area contributed by atoms with Gasteiger partial charge in [-0.1, -0.05) is 11.6 Å². The molecule has 1 aromatic rings. The molecule has 1 aliphatic rings. The van der Waals surface area contributed by atoms with Crippen molar-refractivity contribution in [2.75, 3.05) is 24.5 Å². The zero-order valence-corrected chi connectivity index (χ0v) is 12.9. The number of aromatic nitrogens is 1. The zero-order valence-electron chi connectivity index (χ0n) is 12.1. The molecule has 4 heteroatoms. The van der Waals surface area contributed by atoms with Gasteiger partial charge in [0.1, 0.15) is 0 Å². The van der Waals surface area contributed by atoms with Crippen molar-refractivity contribution < 1.29 is 0 Å². The summed E-state index contributed by atoms with van der Waals surface area (Å²) in [5, 5.41) is 4.36. The van der Waals surface area contributed by atoms with E-state index in [0.29, 0.717) is 0 Å². The summed E-state index contributed by atoms with van der Waals surface area (Å²) < 4.78 is 0. The van der Waals surface area contributed by atoms with Gasteiger partial charge >= 0.3 is 0 Å². The molecule has 0 amide bonds. The van der Waals surface area contributed by atoms with Gasteiger partial charge in [0.15, 0.2) is 0 Å². The standard InChI is InChI=1S/C15H24ClN3/c1-15(2,3)18-10-12-5-8-19(9-6-12)14-4-7-17-11-13(14)16/h4,7,11-12,18H,5-6,8-10H2,1-3H3. The van der Waals surface area contributed by atoms with Crippen LogP contribution < -0.4 is 10.2 Å². The van der Waals surface area contributed by atoms with Crippen LogP contribution in [0.5, 0.6) is 0 Å². The molecular formula is C15H24ClN3. The number of anilines is 1. The summed E-state index contributed by atoms with van der Waals surface area (Å²) >= 11 is 6.20. The molecule has 1 fully saturated rings. The van der Waals surface area contributed by atoms with Gasteiger partial charge in [0.25, 0.3) is 0 Å². The molecule has 3 nitrogen and oxygen atoms in total. The Morgan fingerprint density at radius 3 is 2.63 bits per heavy atom. The molecule has 0 atom stereocenters. The highest BCUT2D eigenvalue weighted by Gasteiger charge is 2.22. The Morgan fingerprint density at radius 2 is 2.05 bits per heavy atom. The smallest absolute Gasteiger partial charge is 0.0822 e. The topological polar surface area (TPSA) is 28.2 Å². The molecule has 1 aromatic heterocycles. The average Bonchev–Trinajstić information content (AvgIpc) is 2.37. The SMILES string of the molecule is CC(C)(C)NCC1CCN(c2ccncc2Cl)CC1. The van der Waals surface area contributed by atoms with Crippen molar-refractivity contribution in [1.82, 2.24) is 10.3 Å². The zero-order chi connectivity index (χ0) is 13.9. The minimum atomic E-state index is 0.214. The normalized spacial score (nSPS) is 17.8. The highest BCUT2D eigenvalue weighted by Crippen LogP contribution is 2.28. The number of piperidine rings is 1. The fraction of sp³-hybridized carbons (Fsp3) is 0.667. The Morgan fingerprint density at radius 1 is 1.37 bits per heavy atom. The lowest BCUT2D eigenvalue weighted by molar-refractivity contribution is 0.329. The minimum absolute atomic E-state index is 0.214. The Kier molecular flexibility index (Phi) is 4.69. The predicted molar refractivity (Wildman–Crippen MR) is 81.9 cm³/mol. The molecule has 106 valence electrons. The summed E-state index contributed by atoms with van der Waals surface area (Å²) in [6.45, 7) is 9.94. The van der Waals surface area contributed by atoms with Gasteiger partial charge in [0.2, 0.25) is 0 Å². The van der Waals surface area contributed by atoms with Gasteiger partial charge in [0.05, 0.1) is 10.7 Å². The number of rotatable bonds is 3. The third-order valence-electron chi connectivity index (χ3n) is 3.63. The van der Waals surface area contributed by atoms with E-state index in [9.17, 15) is 0 Å². The Hall–Kier alpha value is -0.800. The van der Waals surface area contributed by atoms with Crippen LogP contribution in [0.1, 0.15) is 33.6 Å². The van der Waals surface area contributed by atoms with Crippen molar-refractivity contribution in [3.05, 3.63) is 23.5 Å². The van der Waals surface area contributed by atoms with E-state index in [4.69, 9.17) is 11.6 Å². The molecule has 0 unspecified atom stereocenters. The minimum Gasteiger partial charge on any atom is -0.370 e. The van der Waals surface area contributed by atoms with E-state index in [2.05, 4.69) is 36.0 Å². The quantitative estimate of drug-likeness (QED) is 0.921. The first-order chi connectivity index (χ1) is 8.96. The van der Waals surface area contributed by atoms with Crippen LogP contribution in [0.4, 0.5) is 5.69 Å². The maximum Gasteiger partial charge on any atom is 0.0822 e. The maximum atomic E-state index is 6.20. The number of nitrogens with one attached hydrogen (secondary N) is 1. The van der Waals surface area contributed by atoms with Crippen LogP contribution in [0.15, 0.2) is 18.5 Å². The fourth-order valence-electron chi connectivity index (χ4n) is 2.45. The van der Waals surface area contributed by atoms with Crippen LogP contribution in [0, 0.1) is 5.92 Å². The third kappa shape index (κ3) is 4.36. The maximum absolute atomic E-state index is 6.20. The van der Waals surface area contributed by atoms with E-state index < -0.39 is 0 Å². The molecule has 0 radical (unpaired) electrons. The summed E-state index contributed by atoms with van der Waals surface area (Å²) in [7, 11) is 0. The summed E-state index contributed by atoms with van der Waals surface area (Å²) in [6.07, 6.45) is 5.99. The number of pyridine rings is 1. The van der Waals surface area contributed by atoms with E-state index in [1.165, 1.54) is 12.8 Å². The van der Waals surface area contributed by atoms with Gasteiger partial charge in [-0.25, -0.2) is 0 Å². The molecule has 0 saturated carbocycles. The van der Waals surface area contributed by atoms with Crippen LogP contribution in [-0.2, 0) is 0 Å². The van der Waals surface area contributed by atoms with Crippen LogP contribution in [0.3, 0.4) is 0 Å². The monoisotopic (exact) mass is 281 g/mol. The Labute approximate surface area is 121 Å². The van der Waals surface area contributed by atoms with E-state index >= 15 is 0 Å². The summed E-state index contributed by atoms with van der Waals surface area (Å²) in [6, 6.07) is 2.01. The first kappa shape index (κ1) is 14.6. The lowest BCUT2D eigenvalue weighted by Gasteiger charge is -2.35. The summed E-state index contributed by atoms with van der Waals surface area (Å²) in [5.41, 5.74) is 1.34. The van der Waals surface area contributed by atoms with Crippen molar-refractivity contribution >= 4 is 17.3 Å². The molecule has 2 heterocycles. The number of hydrogen-bond acceptors (Lipinski definition) is 3. The second-order valence-electron chi connectivity index (χ2n) is 6.39. The van der Waals surface area contributed by atoms with Crippen molar-refractivity contribution in [3.63, 3.8) is 0 Å². The molecule has 1 saturated heterocycles. The third-order valence-corrected chi connectivity index (χ3v) is 3.92. The highest BCUT2D eigenvalue weighted by atomic mass is 35.5. The van der Waals surface area contributed by atoms with E-state index in [-0.39, 0.29) is 5.54 Å². The van der Waals surface area contributed by atoms with Crippen LogP contribution >= 0.6 is 11.6 Å². The molecule has 0 bridgehead atoms. The number of hydrogen-bond donors (Lipinski definition) is 1. The van der Waals surface area contributed by atoms with Gasteiger partial charge in [0, 0.05) is 31.0 Å². The van der Waals surface area contributed by atoms with Crippen LogP contribution in [0.25, 0.3) is 0 Å². The van der Waals surface area contributed by atoms with Crippen molar-refractivity contribution in [2.24, 2.45) is 5.92 Å². The lowest BCUT2D eigenvalue weighted by Crippen LogP contribution is -2.43. The van der Waals surface area contributed by atoms with Gasteiger partial charge in [-0.15, -0.1) is 0 Å². The molecule has 0 aliphatic carbocycles. The van der Waals surface area contributed by atoms with E-state index in [0.717, 1.165) is 36.3 Å². The fourth-order valence-corrected chi connectivity index (χ4v) is 2.69. The van der Waals surface area contributed by atoms with Crippen molar-refractivity contribution in [3.8, 4) is 0 Å². The molecule has 1 aliphatic heterocycles. The molecular weight excluding hydrogens is 258 g/mol. The Balaban J connectivity index is 1.84. The second-order valence-corrected chi connectivity index (χ2v) is 6.80. The molecule has 0 spiro atoms. The first-order valence-corrected chi connectivity index (χ1v) is 7.43. The largest absolute Gasteiger partial charge is 0.370 e. The average molecular weight is 282 g/mol. The molecule has 19 heavy (non-hydrogen) atoms. The molecule has 2 rings (SSSR count). The van der Waals surface area contributed by atoms with Crippen LogP contribution in [0.2, 0.25) is 5.02 Å². The van der Waals surface area contributed by atoms with Gasteiger partial charge in [-0.2, -0.15) is 0 Å². The Bertz CT molecular complexity index is 406. The number of nitrogens with zero attached hydrogens (tertiary/aromatic N) is 2.